The van der Waals surface area contributed by atoms with Crippen molar-refractivity contribution in [3.8, 4) is 0 Å². The minimum atomic E-state index is -4.40. The lowest BCUT2D eigenvalue weighted by Gasteiger charge is -2.18. The molecule has 20 heavy (non-hydrogen) atoms. The van der Waals surface area contributed by atoms with Crippen LogP contribution < -0.4 is 15.5 Å². The largest absolute Gasteiger partial charge is 0.405 e. The molecule has 0 saturated heterocycles. The van der Waals surface area contributed by atoms with Crippen molar-refractivity contribution in [3.05, 3.63) is 24.3 Å². The van der Waals surface area contributed by atoms with Crippen molar-refractivity contribution in [2.75, 3.05) is 30.9 Å². The van der Waals surface area contributed by atoms with Crippen molar-refractivity contribution in [2.24, 2.45) is 0 Å². The Morgan fingerprint density at radius 1 is 1.35 bits per heavy atom. The average Bonchev–Trinajstić information content (AvgIpc) is 2.35. The van der Waals surface area contributed by atoms with Gasteiger partial charge in [0.15, 0.2) is 0 Å². The first-order chi connectivity index (χ1) is 9.19. The molecule has 7 heteroatoms. The van der Waals surface area contributed by atoms with Gasteiger partial charge in [-0.2, -0.15) is 13.2 Å². The number of carbonyl (C=O) groups excluding carboxylic acids is 1. The van der Waals surface area contributed by atoms with Gasteiger partial charge in [0.1, 0.15) is 12.6 Å². The molecule has 1 aromatic rings. The zero-order valence-electron chi connectivity index (χ0n) is 11.6. The third kappa shape index (κ3) is 5.38. The lowest BCUT2D eigenvalue weighted by Crippen LogP contribution is -2.42. The van der Waals surface area contributed by atoms with Crippen LogP contribution in [0.2, 0.25) is 0 Å². The van der Waals surface area contributed by atoms with Gasteiger partial charge in [-0.1, -0.05) is 6.07 Å². The number of rotatable bonds is 5. The van der Waals surface area contributed by atoms with Crippen molar-refractivity contribution in [2.45, 2.75) is 19.1 Å². The first-order valence-corrected chi connectivity index (χ1v) is 6.07. The summed E-state index contributed by atoms with van der Waals surface area (Å²) in [5.74, 6) is -0.697. The summed E-state index contributed by atoms with van der Waals surface area (Å²) in [5, 5.41) is 4.71. The Labute approximate surface area is 116 Å². The first kappa shape index (κ1) is 16.1. The Hall–Kier alpha value is -1.92. The number of nitrogens with one attached hydrogen (secondary N) is 2. The molecule has 0 bridgehead atoms. The van der Waals surface area contributed by atoms with Gasteiger partial charge in [-0.05, 0) is 25.1 Å². The van der Waals surface area contributed by atoms with Crippen LogP contribution in [-0.4, -0.2) is 38.8 Å². The van der Waals surface area contributed by atoms with E-state index in [0.29, 0.717) is 5.69 Å². The highest BCUT2D eigenvalue weighted by Crippen LogP contribution is 2.18. The third-order valence-corrected chi connectivity index (χ3v) is 2.60. The maximum absolute atomic E-state index is 12.0. The quantitative estimate of drug-likeness (QED) is 0.873. The van der Waals surface area contributed by atoms with Crippen molar-refractivity contribution >= 4 is 17.3 Å². The summed E-state index contributed by atoms with van der Waals surface area (Å²) in [7, 11) is 3.75. The smallest absolute Gasteiger partial charge is 0.378 e. The van der Waals surface area contributed by atoms with Crippen LogP contribution in [0.5, 0.6) is 0 Å². The summed E-state index contributed by atoms with van der Waals surface area (Å²) in [6.07, 6.45) is -4.40. The van der Waals surface area contributed by atoms with Crippen LogP contribution in [0.3, 0.4) is 0 Å². The number of carbonyl (C=O) groups is 1. The first-order valence-electron chi connectivity index (χ1n) is 6.07. The molecule has 0 radical (unpaired) electrons. The van der Waals surface area contributed by atoms with E-state index in [1.54, 1.807) is 12.1 Å². The van der Waals surface area contributed by atoms with Crippen LogP contribution in [0.4, 0.5) is 24.5 Å². The molecule has 1 aromatic carbocycles. The molecular formula is C13H18F3N3O. The van der Waals surface area contributed by atoms with E-state index in [4.69, 9.17) is 0 Å². The van der Waals surface area contributed by atoms with Crippen LogP contribution in [0, 0.1) is 0 Å². The topological polar surface area (TPSA) is 44.4 Å². The number of amides is 1. The number of hydrogen-bond acceptors (Lipinski definition) is 3. The van der Waals surface area contributed by atoms with Crippen molar-refractivity contribution in [3.63, 3.8) is 0 Å². The SMILES string of the molecule is CC(Nc1cccc(N(C)C)c1)C(=O)NCC(F)(F)F. The lowest BCUT2D eigenvalue weighted by atomic mass is 10.2. The van der Waals surface area contributed by atoms with Gasteiger partial charge in [0, 0.05) is 25.5 Å². The van der Waals surface area contributed by atoms with Gasteiger partial charge in [-0.25, -0.2) is 0 Å². The van der Waals surface area contributed by atoms with Crippen molar-refractivity contribution < 1.29 is 18.0 Å². The van der Waals surface area contributed by atoms with E-state index in [9.17, 15) is 18.0 Å². The maximum Gasteiger partial charge on any atom is 0.405 e. The van der Waals surface area contributed by atoms with Crippen LogP contribution in [0.25, 0.3) is 0 Å². The number of hydrogen-bond donors (Lipinski definition) is 2. The van der Waals surface area contributed by atoms with Crippen LogP contribution in [0.1, 0.15) is 6.92 Å². The van der Waals surface area contributed by atoms with Gasteiger partial charge in [0.05, 0.1) is 0 Å². The molecule has 4 nitrogen and oxygen atoms in total. The molecule has 1 amide bonds. The summed E-state index contributed by atoms with van der Waals surface area (Å²) in [5.41, 5.74) is 1.60. The molecule has 0 spiro atoms. The highest BCUT2D eigenvalue weighted by molar-refractivity contribution is 5.84. The third-order valence-electron chi connectivity index (χ3n) is 2.60. The molecule has 112 valence electrons. The van der Waals surface area contributed by atoms with Gasteiger partial charge in [0.25, 0.3) is 0 Å². The van der Waals surface area contributed by atoms with E-state index in [1.807, 2.05) is 36.4 Å². The number of benzene rings is 1. The van der Waals surface area contributed by atoms with Crippen molar-refractivity contribution in [1.29, 1.82) is 0 Å². The zero-order valence-corrected chi connectivity index (χ0v) is 11.6. The highest BCUT2D eigenvalue weighted by Gasteiger charge is 2.28. The average molecular weight is 289 g/mol. The molecule has 0 aliphatic carbocycles. The van der Waals surface area contributed by atoms with Crippen LogP contribution >= 0.6 is 0 Å². The van der Waals surface area contributed by atoms with Gasteiger partial charge in [-0.15, -0.1) is 0 Å². The minimum Gasteiger partial charge on any atom is -0.378 e. The Morgan fingerprint density at radius 2 is 2.00 bits per heavy atom. The molecule has 2 N–H and O–H groups in total. The predicted molar refractivity (Wildman–Crippen MR) is 72.9 cm³/mol. The normalized spacial score (nSPS) is 12.7. The summed E-state index contributed by atoms with van der Waals surface area (Å²) in [6.45, 7) is 0.184. The fourth-order valence-corrected chi connectivity index (χ4v) is 1.53. The van der Waals surface area contributed by atoms with E-state index >= 15 is 0 Å². The molecular weight excluding hydrogens is 271 g/mol. The molecule has 1 rings (SSSR count). The van der Waals surface area contributed by atoms with E-state index in [-0.39, 0.29) is 0 Å². The van der Waals surface area contributed by atoms with Crippen molar-refractivity contribution in [1.82, 2.24) is 5.32 Å². The van der Waals surface area contributed by atoms with Gasteiger partial charge in [0.2, 0.25) is 5.91 Å². The lowest BCUT2D eigenvalue weighted by molar-refractivity contribution is -0.138. The van der Waals surface area contributed by atoms with Crippen LogP contribution in [-0.2, 0) is 4.79 Å². The summed E-state index contributed by atoms with van der Waals surface area (Å²) in [6, 6.07) is 6.50. The molecule has 0 fully saturated rings. The number of alkyl halides is 3. The predicted octanol–water partition coefficient (Wildman–Crippen LogP) is 2.23. The second-order valence-electron chi connectivity index (χ2n) is 4.64. The molecule has 0 aromatic heterocycles. The summed E-state index contributed by atoms with van der Waals surface area (Å²) in [4.78, 5) is 13.4. The second-order valence-corrected chi connectivity index (χ2v) is 4.64. The minimum absolute atomic E-state index is 0.672. The second kappa shape index (κ2) is 6.49. The van der Waals surface area contributed by atoms with E-state index in [0.717, 1.165) is 5.69 Å². The fraction of sp³-hybridized carbons (Fsp3) is 0.462. The fourth-order valence-electron chi connectivity index (χ4n) is 1.53. The Morgan fingerprint density at radius 3 is 2.55 bits per heavy atom. The summed E-state index contributed by atoms with van der Waals surface area (Å²) >= 11 is 0. The van der Waals surface area contributed by atoms with E-state index in [1.165, 1.54) is 6.92 Å². The van der Waals surface area contributed by atoms with Gasteiger partial charge < -0.3 is 15.5 Å². The number of halogens is 3. The molecule has 0 heterocycles. The molecule has 1 atom stereocenters. The molecule has 0 aliphatic rings. The Kier molecular flexibility index (Phi) is 5.24. The highest BCUT2D eigenvalue weighted by atomic mass is 19.4. The molecule has 1 unspecified atom stereocenters. The molecule has 0 aliphatic heterocycles. The number of nitrogens with zero attached hydrogens (tertiary/aromatic N) is 1. The Bertz CT molecular complexity index is 460. The van der Waals surface area contributed by atoms with E-state index < -0.39 is 24.7 Å². The maximum atomic E-state index is 12.0. The number of anilines is 2. The van der Waals surface area contributed by atoms with Crippen LogP contribution in [0.15, 0.2) is 24.3 Å². The molecule has 0 saturated carbocycles. The standard InChI is InChI=1S/C13H18F3N3O/c1-9(12(20)17-8-13(14,15)16)18-10-5-4-6-11(7-10)19(2)3/h4-7,9,18H,8H2,1-3H3,(H,17,20). The Balaban J connectivity index is 2.59. The zero-order chi connectivity index (χ0) is 15.3. The summed E-state index contributed by atoms with van der Waals surface area (Å²) < 4.78 is 36.0. The van der Waals surface area contributed by atoms with Gasteiger partial charge >= 0.3 is 6.18 Å². The monoisotopic (exact) mass is 289 g/mol. The van der Waals surface area contributed by atoms with E-state index in [2.05, 4.69) is 5.32 Å². The van der Waals surface area contributed by atoms with Gasteiger partial charge in [-0.3, -0.25) is 4.79 Å².